The highest BCUT2D eigenvalue weighted by Gasteiger charge is 2.37. The molecule has 0 saturated carbocycles. The van der Waals surface area contributed by atoms with E-state index in [0.717, 1.165) is 11.3 Å². The van der Waals surface area contributed by atoms with Crippen molar-refractivity contribution in [2.24, 2.45) is 0 Å². The van der Waals surface area contributed by atoms with E-state index in [-0.39, 0.29) is 17.6 Å². The van der Waals surface area contributed by atoms with Crippen LogP contribution in [0.3, 0.4) is 0 Å². The molecule has 1 aromatic heterocycles. The van der Waals surface area contributed by atoms with E-state index >= 15 is 0 Å². The maximum Gasteiger partial charge on any atom is 0.290 e. The Morgan fingerprint density at radius 1 is 1.29 bits per heavy atom. The van der Waals surface area contributed by atoms with Gasteiger partial charge in [0.05, 0.1) is 19.1 Å². The van der Waals surface area contributed by atoms with Crippen molar-refractivity contribution in [3.63, 3.8) is 0 Å². The summed E-state index contributed by atoms with van der Waals surface area (Å²) in [5.41, 5.74) is 1.78. The second-order valence-electron chi connectivity index (χ2n) is 5.82. The molecule has 0 N–H and O–H groups in total. The minimum absolute atomic E-state index is 0.134. The van der Waals surface area contributed by atoms with Crippen LogP contribution in [-0.4, -0.2) is 43.0 Å². The highest BCUT2D eigenvalue weighted by Crippen LogP contribution is 2.31. The fourth-order valence-corrected chi connectivity index (χ4v) is 2.94. The molecule has 126 valence electrons. The summed E-state index contributed by atoms with van der Waals surface area (Å²) in [5, 5.41) is 0. The monoisotopic (exact) mass is 328 g/mol. The molecule has 1 aliphatic heterocycles. The number of methoxy groups -OCH3 is 1. The first-order valence-corrected chi connectivity index (χ1v) is 7.83. The quantitative estimate of drug-likeness (QED) is 0.868. The Labute approximate surface area is 140 Å². The Hall–Kier alpha value is -2.76. The van der Waals surface area contributed by atoms with E-state index in [0.29, 0.717) is 18.8 Å². The van der Waals surface area contributed by atoms with Gasteiger partial charge in [0.2, 0.25) is 5.91 Å². The summed E-state index contributed by atoms with van der Waals surface area (Å²) in [4.78, 5) is 28.5. The first kappa shape index (κ1) is 16.1. The molecule has 2 aromatic rings. The lowest BCUT2D eigenvalue weighted by Gasteiger charge is -2.39. The Bertz CT molecular complexity index is 754. The molecular formula is C18H20N2O4. The number of hydrogen-bond acceptors (Lipinski definition) is 4. The van der Waals surface area contributed by atoms with Gasteiger partial charge in [0.1, 0.15) is 11.8 Å². The summed E-state index contributed by atoms with van der Waals surface area (Å²) in [6.07, 6.45) is 1.45. The minimum atomic E-state index is -0.568. The van der Waals surface area contributed by atoms with Gasteiger partial charge in [0.15, 0.2) is 5.76 Å². The van der Waals surface area contributed by atoms with Gasteiger partial charge in [-0.05, 0) is 43.7 Å². The number of piperazine rings is 1. The number of amides is 2. The number of nitrogens with zero attached hydrogens (tertiary/aromatic N) is 2. The number of anilines is 1. The molecule has 24 heavy (non-hydrogen) atoms. The molecule has 0 bridgehead atoms. The number of hydrogen-bond donors (Lipinski definition) is 0. The van der Waals surface area contributed by atoms with E-state index in [2.05, 4.69) is 0 Å². The summed E-state index contributed by atoms with van der Waals surface area (Å²) in [6.45, 7) is 4.55. The summed E-state index contributed by atoms with van der Waals surface area (Å²) >= 11 is 0. The first-order valence-electron chi connectivity index (χ1n) is 7.83. The number of ether oxygens (including phenoxy) is 1. The second-order valence-corrected chi connectivity index (χ2v) is 5.82. The fraction of sp³-hybridized carbons (Fsp3) is 0.333. The van der Waals surface area contributed by atoms with E-state index in [1.807, 2.05) is 25.1 Å². The van der Waals surface area contributed by atoms with Crippen LogP contribution in [0.1, 0.15) is 23.0 Å². The lowest BCUT2D eigenvalue weighted by atomic mass is 10.1. The Kier molecular flexibility index (Phi) is 4.29. The summed E-state index contributed by atoms with van der Waals surface area (Å²) in [5.74, 6) is 0.491. The van der Waals surface area contributed by atoms with Gasteiger partial charge in [-0.3, -0.25) is 9.59 Å². The minimum Gasteiger partial charge on any atom is -0.495 e. The SMILES string of the molecule is COc1ccc(C)cc1N1CCN(C(=O)c2ccco2)[C@@H](C)C1=O. The lowest BCUT2D eigenvalue weighted by molar-refractivity contribution is -0.124. The lowest BCUT2D eigenvalue weighted by Crippen LogP contribution is -2.57. The molecule has 1 saturated heterocycles. The molecule has 1 aliphatic rings. The standard InChI is InChI=1S/C18H20N2O4/c1-12-6-7-15(23-3)14(11-12)20-9-8-19(13(2)17(20)21)18(22)16-5-4-10-24-16/h4-7,10-11,13H,8-9H2,1-3H3/t13-/m0/s1. The van der Waals surface area contributed by atoms with Crippen LogP contribution in [0.2, 0.25) is 0 Å². The number of furan rings is 1. The summed E-state index contributed by atoms with van der Waals surface area (Å²) < 4.78 is 10.5. The first-order chi connectivity index (χ1) is 11.5. The van der Waals surface area contributed by atoms with Crippen LogP contribution >= 0.6 is 0 Å². The molecule has 0 aliphatic carbocycles. The Morgan fingerprint density at radius 3 is 2.75 bits per heavy atom. The molecule has 0 radical (unpaired) electrons. The molecule has 3 rings (SSSR count). The van der Waals surface area contributed by atoms with E-state index in [1.165, 1.54) is 6.26 Å². The maximum atomic E-state index is 12.8. The van der Waals surface area contributed by atoms with Crippen molar-refractivity contribution in [3.05, 3.63) is 47.9 Å². The smallest absolute Gasteiger partial charge is 0.290 e. The third-order valence-corrected chi connectivity index (χ3v) is 4.27. The number of carbonyl (C=O) groups is 2. The molecule has 2 amide bonds. The van der Waals surface area contributed by atoms with E-state index in [1.54, 1.807) is 36.0 Å². The molecule has 0 spiro atoms. The Balaban J connectivity index is 1.85. The third-order valence-electron chi connectivity index (χ3n) is 4.27. The van der Waals surface area contributed by atoms with Crippen molar-refractivity contribution in [3.8, 4) is 5.75 Å². The molecule has 2 heterocycles. The van der Waals surface area contributed by atoms with Crippen LogP contribution in [0.15, 0.2) is 41.0 Å². The van der Waals surface area contributed by atoms with E-state index in [4.69, 9.17) is 9.15 Å². The van der Waals surface area contributed by atoms with Gasteiger partial charge in [-0.25, -0.2) is 0 Å². The molecule has 1 atom stereocenters. The van der Waals surface area contributed by atoms with Gasteiger partial charge < -0.3 is 19.0 Å². The average Bonchev–Trinajstić information content (AvgIpc) is 3.11. The zero-order chi connectivity index (χ0) is 17.3. The number of carbonyl (C=O) groups excluding carboxylic acids is 2. The number of benzene rings is 1. The van der Waals surface area contributed by atoms with Crippen molar-refractivity contribution >= 4 is 17.5 Å². The van der Waals surface area contributed by atoms with Gasteiger partial charge >= 0.3 is 0 Å². The van der Waals surface area contributed by atoms with Crippen molar-refractivity contribution < 1.29 is 18.7 Å². The zero-order valence-electron chi connectivity index (χ0n) is 14.0. The van der Waals surface area contributed by atoms with Crippen LogP contribution in [-0.2, 0) is 4.79 Å². The molecule has 0 unspecified atom stereocenters. The largest absolute Gasteiger partial charge is 0.495 e. The van der Waals surface area contributed by atoms with Crippen LogP contribution in [0.5, 0.6) is 5.75 Å². The Morgan fingerprint density at radius 2 is 2.08 bits per heavy atom. The summed E-state index contributed by atoms with van der Waals surface area (Å²) in [7, 11) is 1.58. The maximum absolute atomic E-state index is 12.8. The highest BCUT2D eigenvalue weighted by atomic mass is 16.5. The molecule has 1 aromatic carbocycles. The molecule has 1 fully saturated rings. The van der Waals surface area contributed by atoms with Crippen LogP contribution in [0.25, 0.3) is 0 Å². The third kappa shape index (κ3) is 2.75. The van der Waals surface area contributed by atoms with E-state index in [9.17, 15) is 9.59 Å². The summed E-state index contributed by atoms with van der Waals surface area (Å²) in [6, 6.07) is 8.41. The second kappa shape index (κ2) is 6.39. The number of rotatable bonds is 3. The van der Waals surface area contributed by atoms with Gasteiger partial charge in [-0.15, -0.1) is 0 Å². The average molecular weight is 328 g/mol. The van der Waals surface area contributed by atoms with Crippen molar-refractivity contribution in [1.29, 1.82) is 0 Å². The molecule has 6 nitrogen and oxygen atoms in total. The van der Waals surface area contributed by atoms with E-state index < -0.39 is 6.04 Å². The van der Waals surface area contributed by atoms with Gasteiger partial charge in [-0.1, -0.05) is 6.07 Å². The van der Waals surface area contributed by atoms with Crippen LogP contribution in [0, 0.1) is 6.92 Å². The van der Waals surface area contributed by atoms with Gasteiger partial charge in [0, 0.05) is 13.1 Å². The topological polar surface area (TPSA) is 63.0 Å². The normalized spacial score (nSPS) is 18.0. The van der Waals surface area contributed by atoms with Crippen molar-refractivity contribution in [1.82, 2.24) is 4.90 Å². The predicted octanol–water partition coefficient (Wildman–Crippen LogP) is 2.47. The van der Waals surface area contributed by atoms with Gasteiger partial charge in [0.25, 0.3) is 5.91 Å². The van der Waals surface area contributed by atoms with Crippen LogP contribution < -0.4 is 9.64 Å². The zero-order valence-corrected chi connectivity index (χ0v) is 14.0. The predicted molar refractivity (Wildman–Crippen MR) is 89.3 cm³/mol. The van der Waals surface area contributed by atoms with Crippen molar-refractivity contribution in [2.45, 2.75) is 19.9 Å². The number of aryl methyl sites for hydroxylation is 1. The van der Waals surface area contributed by atoms with Crippen LogP contribution in [0.4, 0.5) is 5.69 Å². The molecular weight excluding hydrogens is 308 g/mol. The van der Waals surface area contributed by atoms with Gasteiger partial charge in [-0.2, -0.15) is 0 Å². The molecule has 6 heteroatoms. The highest BCUT2D eigenvalue weighted by molar-refractivity contribution is 6.03. The van der Waals surface area contributed by atoms with Crippen molar-refractivity contribution in [2.75, 3.05) is 25.1 Å². The fourth-order valence-electron chi connectivity index (χ4n) is 2.94.